The zero-order valence-corrected chi connectivity index (χ0v) is 10.1. The van der Waals surface area contributed by atoms with Gasteiger partial charge in [-0.05, 0) is 6.08 Å². The molecule has 0 aliphatic heterocycles. The van der Waals surface area contributed by atoms with Crippen LogP contribution in [0.5, 0.6) is 0 Å². The lowest BCUT2D eigenvalue weighted by molar-refractivity contribution is 0.206. The van der Waals surface area contributed by atoms with E-state index in [4.69, 9.17) is 4.74 Å². The van der Waals surface area contributed by atoms with Gasteiger partial charge < -0.3 is 15.4 Å². The lowest BCUT2D eigenvalue weighted by Gasteiger charge is -2.21. The number of hydrogen-bond donors (Lipinski definition) is 2. The maximum absolute atomic E-state index is 11.0. The van der Waals surface area contributed by atoms with Crippen molar-refractivity contribution in [2.75, 3.05) is 14.2 Å². The summed E-state index contributed by atoms with van der Waals surface area (Å²) >= 11 is 0. The second kappa shape index (κ2) is 5.44. The highest BCUT2D eigenvalue weighted by Gasteiger charge is 2.18. The van der Waals surface area contributed by atoms with Gasteiger partial charge in [0.25, 0.3) is 0 Å². The van der Waals surface area contributed by atoms with Crippen LogP contribution in [-0.4, -0.2) is 20.2 Å². The van der Waals surface area contributed by atoms with Crippen molar-refractivity contribution in [1.82, 2.24) is 10.6 Å². The summed E-state index contributed by atoms with van der Waals surface area (Å²) in [5, 5.41) is 5.01. The van der Waals surface area contributed by atoms with Gasteiger partial charge >= 0.3 is 6.03 Å². The summed E-state index contributed by atoms with van der Waals surface area (Å²) in [6.45, 7) is 9.79. The molecule has 4 heteroatoms. The van der Waals surface area contributed by atoms with E-state index in [1.165, 1.54) is 0 Å². The minimum atomic E-state index is -0.291. The van der Waals surface area contributed by atoms with Crippen LogP contribution in [0.4, 0.5) is 4.79 Å². The maximum atomic E-state index is 11.0. The standard InChI is InChI=1S/C11H20N2O2/c1-8(13-10(14)12-5)7-9(15-6)11(2,3)4/h7H,1H2,2-6H3,(H2,12,13,14)/b9-7-. The predicted molar refractivity (Wildman–Crippen MR) is 61.3 cm³/mol. The average Bonchev–Trinajstić information content (AvgIpc) is 2.12. The molecule has 0 aliphatic rings. The molecule has 2 amide bonds. The summed E-state index contributed by atoms with van der Waals surface area (Å²) in [5.41, 5.74) is 0.392. The van der Waals surface area contributed by atoms with Gasteiger partial charge in [0, 0.05) is 18.2 Å². The van der Waals surface area contributed by atoms with Crippen LogP contribution >= 0.6 is 0 Å². The molecule has 0 heterocycles. The van der Waals surface area contributed by atoms with Crippen molar-refractivity contribution in [3.8, 4) is 0 Å². The molecule has 0 unspecified atom stereocenters. The largest absolute Gasteiger partial charge is 0.500 e. The van der Waals surface area contributed by atoms with Gasteiger partial charge in [0.05, 0.1) is 7.11 Å². The average molecular weight is 212 g/mol. The van der Waals surface area contributed by atoms with Crippen molar-refractivity contribution >= 4 is 6.03 Å². The Hall–Kier alpha value is -1.45. The Kier molecular flexibility index (Phi) is 4.91. The second-order valence-electron chi connectivity index (χ2n) is 4.19. The van der Waals surface area contributed by atoms with Crippen molar-refractivity contribution in [2.45, 2.75) is 20.8 Å². The minimum absolute atomic E-state index is 0.109. The number of rotatable bonds is 3. The second-order valence-corrected chi connectivity index (χ2v) is 4.19. The molecule has 0 aromatic carbocycles. The normalized spacial score (nSPS) is 11.9. The number of hydrogen-bond acceptors (Lipinski definition) is 2. The molecule has 15 heavy (non-hydrogen) atoms. The Morgan fingerprint density at radius 3 is 2.27 bits per heavy atom. The summed E-state index contributed by atoms with van der Waals surface area (Å²) in [7, 11) is 3.15. The third kappa shape index (κ3) is 5.10. The fourth-order valence-corrected chi connectivity index (χ4v) is 0.984. The van der Waals surface area contributed by atoms with Crippen molar-refractivity contribution in [3.05, 3.63) is 24.1 Å². The van der Waals surface area contributed by atoms with Crippen LogP contribution in [0.15, 0.2) is 24.1 Å². The molecule has 0 saturated carbocycles. The molecular formula is C11H20N2O2. The molecular weight excluding hydrogens is 192 g/mol. The molecule has 0 bridgehead atoms. The SMILES string of the molecule is C=C(/C=C(\OC)C(C)(C)C)NC(=O)NC. The predicted octanol–water partition coefficient (Wildman–Crippen LogP) is 2.01. The number of carbonyl (C=O) groups excluding carboxylic acids is 1. The van der Waals surface area contributed by atoms with Crippen molar-refractivity contribution in [2.24, 2.45) is 5.41 Å². The number of urea groups is 1. The van der Waals surface area contributed by atoms with Crippen LogP contribution in [0, 0.1) is 5.41 Å². The highest BCUT2D eigenvalue weighted by molar-refractivity contribution is 5.75. The molecule has 0 saturated heterocycles. The fourth-order valence-electron chi connectivity index (χ4n) is 0.984. The van der Waals surface area contributed by atoms with Crippen LogP contribution in [0.3, 0.4) is 0 Å². The number of amides is 2. The van der Waals surface area contributed by atoms with Crippen LogP contribution in [0.2, 0.25) is 0 Å². The topological polar surface area (TPSA) is 50.4 Å². The smallest absolute Gasteiger partial charge is 0.318 e. The van der Waals surface area contributed by atoms with Crippen LogP contribution in [0.25, 0.3) is 0 Å². The number of allylic oxidation sites excluding steroid dienone is 2. The summed E-state index contributed by atoms with van der Waals surface area (Å²) in [4.78, 5) is 11.0. The minimum Gasteiger partial charge on any atom is -0.500 e. The third-order valence-electron chi connectivity index (χ3n) is 1.77. The zero-order chi connectivity index (χ0) is 12.1. The van der Waals surface area contributed by atoms with Crippen molar-refractivity contribution < 1.29 is 9.53 Å². The Morgan fingerprint density at radius 2 is 1.93 bits per heavy atom. The van der Waals surface area contributed by atoms with Gasteiger partial charge in [-0.15, -0.1) is 0 Å². The van der Waals surface area contributed by atoms with E-state index in [1.54, 1.807) is 20.2 Å². The van der Waals surface area contributed by atoms with E-state index in [0.717, 1.165) is 5.76 Å². The molecule has 0 atom stereocenters. The lowest BCUT2D eigenvalue weighted by Crippen LogP contribution is -2.31. The molecule has 4 nitrogen and oxygen atoms in total. The van der Waals surface area contributed by atoms with E-state index in [1.807, 2.05) is 20.8 Å². The van der Waals surface area contributed by atoms with E-state index in [0.29, 0.717) is 5.70 Å². The third-order valence-corrected chi connectivity index (χ3v) is 1.77. The van der Waals surface area contributed by atoms with Gasteiger partial charge in [0.15, 0.2) is 0 Å². The number of ether oxygens (including phenoxy) is 1. The molecule has 0 radical (unpaired) electrons. The van der Waals surface area contributed by atoms with Gasteiger partial charge in [0.2, 0.25) is 0 Å². The number of methoxy groups -OCH3 is 1. The molecule has 86 valence electrons. The van der Waals surface area contributed by atoms with E-state index in [9.17, 15) is 4.79 Å². The lowest BCUT2D eigenvalue weighted by atomic mass is 9.93. The van der Waals surface area contributed by atoms with Crippen molar-refractivity contribution in [3.63, 3.8) is 0 Å². The quantitative estimate of drug-likeness (QED) is 0.555. The molecule has 0 fully saturated rings. The summed E-state index contributed by atoms with van der Waals surface area (Å²) < 4.78 is 5.23. The number of nitrogens with one attached hydrogen (secondary N) is 2. The first kappa shape index (κ1) is 13.5. The van der Waals surface area contributed by atoms with Gasteiger partial charge in [-0.1, -0.05) is 27.4 Å². The number of carbonyl (C=O) groups is 1. The Bertz CT molecular complexity index is 275. The molecule has 0 aromatic heterocycles. The first-order valence-corrected chi connectivity index (χ1v) is 4.75. The Labute approximate surface area is 91.4 Å². The highest BCUT2D eigenvalue weighted by atomic mass is 16.5. The monoisotopic (exact) mass is 212 g/mol. The summed E-state index contributed by atoms with van der Waals surface area (Å²) in [6, 6.07) is -0.291. The molecule has 0 spiro atoms. The van der Waals surface area contributed by atoms with Crippen LogP contribution in [0.1, 0.15) is 20.8 Å². The van der Waals surface area contributed by atoms with Gasteiger partial charge in [-0.25, -0.2) is 4.79 Å². The molecule has 2 N–H and O–H groups in total. The van der Waals surface area contributed by atoms with Gasteiger partial charge in [-0.3, -0.25) is 0 Å². The zero-order valence-electron chi connectivity index (χ0n) is 10.1. The van der Waals surface area contributed by atoms with E-state index < -0.39 is 0 Å². The van der Waals surface area contributed by atoms with E-state index >= 15 is 0 Å². The maximum Gasteiger partial charge on any atom is 0.318 e. The van der Waals surface area contributed by atoms with Gasteiger partial charge in [0.1, 0.15) is 5.76 Å². The fraction of sp³-hybridized carbons (Fsp3) is 0.545. The Morgan fingerprint density at radius 1 is 1.40 bits per heavy atom. The van der Waals surface area contributed by atoms with Crippen molar-refractivity contribution in [1.29, 1.82) is 0 Å². The van der Waals surface area contributed by atoms with E-state index in [2.05, 4.69) is 17.2 Å². The van der Waals surface area contributed by atoms with Crippen LogP contribution in [-0.2, 0) is 4.74 Å². The van der Waals surface area contributed by atoms with Gasteiger partial charge in [-0.2, -0.15) is 0 Å². The summed E-state index contributed by atoms with van der Waals surface area (Å²) in [5.74, 6) is 0.768. The van der Waals surface area contributed by atoms with Crippen LogP contribution < -0.4 is 10.6 Å². The molecule has 0 aromatic rings. The first-order valence-electron chi connectivity index (χ1n) is 4.75. The summed E-state index contributed by atoms with van der Waals surface area (Å²) in [6.07, 6.45) is 1.72. The first-order chi connectivity index (χ1) is 6.81. The molecule has 0 rings (SSSR count). The highest BCUT2D eigenvalue weighted by Crippen LogP contribution is 2.25. The van der Waals surface area contributed by atoms with E-state index in [-0.39, 0.29) is 11.4 Å². The Balaban J connectivity index is 4.58. The molecule has 0 aliphatic carbocycles.